The number of aromatic nitrogens is 2. The molecule has 9 heteroatoms. The number of para-hydroxylation sites is 2. The quantitative estimate of drug-likeness (QED) is 0.722. The zero-order chi connectivity index (χ0) is 19.6. The van der Waals surface area contributed by atoms with Crippen LogP contribution in [0.3, 0.4) is 0 Å². The van der Waals surface area contributed by atoms with Crippen LogP contribution >= 0.6 is 0 Å². The van der Waals surface area contributed by atoms with Crippen LogP contribution in [0.4, 0.5) is 0 Å². The molecule has 1 aliphatic heterocycles. The highest BCUT2D eigenvalue weighted by Crippen LogP contribution is 2.14. The molecule has 0 unspecified atom stereocenters. The van der Waals surface area contributed by atoms with Gasteiger partial charge >= 0.3 is 5.69 Å². The molecule has 1 fully saturated rings. The van der Waals surface area contributed by atoms with E-state index in [0.29, 0.717) is 39.3 Å². The molecule has 148 valence electrons. The monoisotopic (exact) mass is 394 g/mol. The van der Waals surface area contributed by atoms with Gasteiger partial charge in [0.25, 0.3) is 0 Å². The molecule has 1 amide bonds. The molecule has 2 aromatic rings. The van der Waals surface area contributed by atoms with Crippen molar-refractivity contribution in [3.05, 3.63) is 34.7 Å². The summed E-state index contributed by atoms with van der Waals surface area (Å²) in [6, 6.07) is 7.62. The molecule has 2 heterocycles. The number of rotatable bonds is 6. The third-order valence-corrected chi connectivity index (χ3v) is 6.29. The minimum Gasteiger partial charge on any atom is -0.340 e. The number of hydrogen-bond acceptors (Lipinski definition) is 4. The lowest BCUT2D eigenvalue weighted by Crippen LogP contribution is -2.50. The highest BCUT2D eigenvalue weighted by atomic mass is 32.2. The standard InChI is InChI=1S/C18H26N4O4S/c1-3-9-21-15-6-4-5-7-16(15)22(18(21)24)10-8-17(23)19-11-13-20(14-12-19)27(2,25)26/h4-7H,3,8-14H2,1-2H3. The highest BCUT2D eigenvalue weighted by molar-refractivity contribution is 7.88. The molecule has 0 spiro atoms. The Bertz CT molecular complexity index is 984. The molecule has 27 heavy (non-hydrogen) atoms. The number of sulfonamides is 1. The second-order valence-corrected chi connectivity index (χ2v) is 8.85. The SMILES string of the molecule is CCCn1c(=O)n(CCC(=O)N2CCN(S(C)(=O)=O)CC2)c2ccccc21. The van der Waals surface area contributed by atoms with Gasteiger partial charge in [-0.1, -0.05) is 19.1 Å². The van der Waals surface area contributed by atoms with E-state index >= 15 is 0 Å². The number of benzene rings is 1. The molecule has 8 nitrogen and oxygen atoms in total. The van der Waals surface area contributed by atoms with Gasteiger partial charge in [-0.25, -0.2) is 13.2 Å². The molecule has 0 saturated carbocycles. The van der Waals surface area contributed by atoms with E-state index in [9.17, 15) is 18.0 Å². The molecule has 1 aliphatic rings. The summed E-state index contributed by atoms with van der Waals surface area (Å²) >= 11 is 0. The maximum absolute atomic E-state index is 12.7. The van der Waals surface area contributed by atoms with Crippen molar-refractivity contribution in [2.45, 2.75) is 32.9 Å². The maximum Gasteiger partial charge on any atom is 0.329 e. The van der Waals surface area contributed by atoms with E-state index in [1.54, 1.807) is 14.0 Å². The summed E-state index contributed by atoms with van der Waals surface area (Å²) in [4.78, 5) is 27.0. The molecule has 1 aromatic heterocycles. The first-order valence-corrected chi connectivity index (χ1v) is 11.1. The average molecular weight is 394 g/mol. The summed E-state index contributed by atoms with van der Waals surface area (Å²) < 4.78 is 28.0. The van der Waals surface area contributed by atoms with Crippen LogP contribution in [0.15, 0.2) is 29.1 Å². The Hall–Kier alpha value is -2.13. The van der Waals surface area contributed by atoms with E-state index in [1.165, 1.54) is 10.6 Å². The molecular formula is C18H26N4O4S. The molecule has 0 radical (unpaired) electrons. The van der Waals surface area contributed by atoms with Crippen molar-refractivity contribution < 1.29 is 13.2 Å². The van der Waals surface area contributed by atoms with E-state index in [4.69, 9.17) is 0 Å². The van der Waals surface area contributed by atoms with Crippen LogP contribution in [0.5, 0.6) is 0 Å². The van der Waals surface area contributed by atoms with Crippen molar-refractivity contribution >= 4 is 27.0 Å². The van der Waals surface area contributed by atoms with Gasteiger partial charge in [-0.05, 0) is 18.6 Å². The minimum atomic E-state index is -3.22. The predicted octanol–water partition coefficient (Wildman–Crippen LogP) is 0.707. The third-order valence-electron chi connectivity index (χ3n) is 4.98. The minimum absolute atomic E-state index is 0.0534. The second-order valence-electron chi connectivity index (χ2n) is 6.87. The van der Waals surface area contributed by atoms with Gasteiger partial charge in [0.1, 0.15) is 0 Å². The Balaban J connectivity index is 1.70. The van der Waals surface area contributed by atoms with Crippen LogP contribution in [0.25, 0.3) is 11.0 Å². The molecule has 0 atom stereocenters. The van der Waals surface area contributed by atoms with Crippen LogP contribution < -0.4 is 5.69 Å². The zero-order valence-corrected chi connectivity index (χ0v) is 16.6. The first-order valence-electron chi connectivity index (χ1n) is 9.24. The van der Waals surface area contributed by atoms with Crippen molar-refractivity contribution in [2.24, 2.45) is 0 Å². The topological polar surface area (TPSA) is 84.6 Å². The van der Waals surface area contributed by atoms with Crippen LogP contribution in [-0.2, 0) is 27.9 Å². The van der Waals surface area contributed by atoms with Gasteiger partial charge in [-0.3, -0.25) is 13.9 Å². The summed E-state index contributed by atoms with van der Waals surface area (Å²) in [7, 11) is -3.22. The number of aryl methyl sites for hydroxylation is 2. The number of nitrogens with zero attached hydrogens (tertiary/aromatic N) is 4. The normalized spacial score (nSPS) is 16.1. The van der Waals surface area contributed by atoms with Crippen LogP contribution in [0.2, 0.25) is 0 Å². The fourth-order valence-electron chi connectivity index (χ4n) is 3.56. The second kappa shape index (κ2) is 7.85. The number of carbonyl (C=O) groups excluding carboxylic acids is 1. The molecule has 0 N–H and O–H groups in total. The summed E-state index contributed by atoms with van der Waals surface area (Å²) in [6.07, 6.45) is 2.26. The lowest BCUT2D eigenvalue weighted by atomic mass is 10.3. The van der Waals surface area contributed by atoms with Crippen LogP contribution in [0.1, 0.15) is 19.8 Å². The van der Waals surface area contributed by atoms with E-state index in [1.807, 2.05) is 31.2 Å². The molecular weight excluding hydrogens is 368 g/mol. The lowest BCUT2D eigenvalue weighted by molar-refractivity contribution is -0.132. The Morgan fingerprint density at radius 2 is 1.56 bits per heavy atom. The van der Waals surface area contributed by atoms with Crippen molar-refractivity contribution in [1.82, 2.24) is 18.3 Å². The number of imidazole rings is 1. The maximum atomic E-state index is 12.7. The fraction of sp³-hybridized carbons (Fsp3) is 0.556. The summed E-state index contributed by atoms with van der Waals surface area (Å²) in [5, 5.41) is 0. The van der Waals surface area contributed by atoms with E-state index in [-0.39, 0.29) is 18.0 Å². The Kier molecular flexibility index (Phi) is 5.71. The smallest absolute Gasteiger partial charge is 0.329 e. The average Bonchev–Trinajstić information content (AvgIpc) is 2.91. The van der Waals surface area contributed by atoms with Crippen LogP contribution in [-0.4, -0.2) is 65.1 Å². The van der Waals surface area contributed by atoms with E-state index in [2.05, 4.69) is 0 Å². The molecule has 0 bridgehead atoms. The number of fused-ring (bicyclic) bond motifs is 1. The fourth-order valence-corrected chi connectivity index (χ4v) is 4.39. The molecule has 3 rings (SSSR count). The highest BCUT2D eigenvalue weighted by Gasteiger charge is 2.26. The zero-order valence-electron chi connectivity index (χ0n) is 15.8. The number of hydrogen-bond donors (Lipinski definition) is 0. The summed E-state index contributed by atoms with van der Waals surface area (Å²) in [5.74, 6) is -0.0534. The van der Waals surface area contributed by atoms with Crippen LogP contribution in [0, 0.1) is 0 Å². The lowest BCUT2D eigenvalue weighted by Gasteiger charge is -2.33. The van der Waals surface area contributed by atoms with Gasteiger partial charge in [0.15, 0.2) is 0 Å². The van der Waals surface area contributed by atoms with Gasteiger partial charge in [-0.15, -0.1) is 0 Å². The molecule has 0 aliphatic carbocycles. The predicted molar refractivity (Wildman–Crippen MR) is 104 cm³/mol. The summed E-state index contributed by atoms with van der Waals surface area (Å²) in [5.41, 5.74) is 1.64. The van der Waals surface area contributed by atoms with Gasteiger partial charge in [0, 0.05) is 45.7 Å². The third kappa shape index (κ3) is 4.08. The van der Waals surface area contributed by atoms with E-state index < -0.39 is 10.0 Å². The Labute approximate surface area is 159 Å². The Morgan fingerprint density at radius 1 is 1.00 bits per heavy atom. The number of piperazine rings is 1. The first-order chi connectivity index (χ1) is 12.8. The van der Waals surface area contributed by atoms with E-state index in [0.717, 1.165) is 17.5 Å². The van der Waals surface area contributed by atoms with Crippen molar-refractivity contribution in [2.75, 3.05) is 32.4 Å². The van der Waals surface area contributed by atoms with Crippen molar-refractivity contribution in [3.63, 3.8) is 0 Å². The van der Waals surface area contributed by atoms with Crippen molar-refractivity contribution in [3.8, 4) is 0 Å². The number of amides is 1. The van der Waals surface area contributed by atoms with Gasteiger partial charge in [0.2, 0.25) is 15.9 Å². The first kappa shape index (κ1) is 19.6. The number of carbonyl (C=O) groups is 1. The molecule has 1 saturated heterocycles. The summed E-state index contributed by atoms with van der Waals surface area (Å²) in [6.45, 7) is 4.41. The van der Waals surface area contributed by atoms with Crippen molar-refractivity contribution in [1.29, 1.82) is 0 Å². The molecule has 1 aromatic carbocycles. The van der Waals surface area contributed by atoms with Gasteiger partial charge in [-0.2, -0.15) is 4.31 Å². The Morgan fingerprint density at radius 3 is 2.07 bits per heavy atom. The van der Waals surface area contributed by atoms with Gasteiger partial charge < -0.3 is 4.90 Å². The van der Waals surface area contributed by atoms with Gasteiger partial charge in [0.05, 0.1) is 17.3 Å². The largest absolute Gasteiger partial charge is 0.340 e.